The van der Waals surface area contributed by atoms with Gasteiger partial charge in [-0.15, -0.1) is 0 Å². The highest BCUT2D eigenvalue weighted by Crippen LogP contribution is 2.25. The number of rotatable bonds is 1. The molecule has 1 amide bonds. The van der Waals surface area contributed by atoms with Gasteiger partial charge in [-0.05, 0) is 39.8 Å². The van der Waals surface area contributed by atoms with Crippen molar-refractivity contribution in [3.05, 3.63) is 29.3 Å². The van der Waals surface area contributed by atoms with Crippen molar-refractivity contribution in [3.8, 4) is 5.75 Å². The molecule has 0 spiro atoms. The van der Waals surface area contributed by atoms with Crippen molar-refractivity contribution < 1.29 is 14.6 Å². The van der Waals surface area contributed by atoms with E-state index in [9.17, 15) is 9.90 Å². The molecule has 0 aromatic heterocycles. The number of amides is 1. The second-order valence-electron chi connectivity index (χ2n) is 5.82. The van der Waals surface area contributed by atoms with Crippen LogP contribution >= 0.6 is 0 Å². The van der Waals surface area contributed by atoms with Crippen LogP contribution in [0.1, 0.15) is 36.7 Å². The lowest BCUT2D eigenvalue weighted by Gasteiger charge is -2.41. The summed E-state index contributed by atoms with van der Waals surface area (Å²) in [6.07, 6.45) is 0.0188. The minimum atomic E-state index is -0.335. The molecular formula is C15H21NO3. The summed E-state index contributed by atoms with van der Waals surface area (Å²) in [5.74, 6) is 0.114. The summed E-state index contributed by atoms with van der Waals surface area (Å²) in [6.45, 7) is 8.84. The van der Waals surface area contributed by atoms with Gasteiger partial charge in [0.2, 0.25) is 0 Å². The molecule has 1 aromatic carbocycles. The standard InChI is InChI=1S/C15H21NO3/c1-10-8-16(9-15(3,4)19-10)14(18)12-6-5-7-13(17)11(12)2/h5-7,10,17H,8-9H2,1-4H3. The highest BCUT2D eigenvalue weighted by Gasteiger charge is 2.34. The predicted octanol–water partition coefficient (Wildman–Crippen LogP) is 2.34. The van der Waals surface area contributed by atoms with Gasteiger partial charge in [-0.3, -0.25) is 4.79 Å². The third kappa shape index (κ3) is 2.89. The fourth-order valence-electron chi connectivity index (χ4n) is 2.63. The summed E-state index contributed by atoms with van der Waals surface area (Å²) in [5, 5.41) is 9.71. The summed E-state index contributed by atoms with van der Waals surface area (Å²) in [7, 11) is 0. The number of carbonyl (C=O) groups is 1. The van der Waals surface area contributed by atoms with E-state index < -0.39 is 0 Å². The van der Waals surface area contributed by atoms with Crippen LogP contribution in [0.2, 0.25) is 0 Å². The second kappa shape index (κ2) is 4.85. The summed E-state index contributed by atoms with van der Waals surface area (Å²) in [5.41, 5.74) is 0.854. The lowest BCUT2D eigenvalue weighted by Crippen LogP contribution is -2.53. The van der Waals surface area contributed by atoms with Crippen LogP contribution < -0.4 is 0 Å². The molecular weight excluding hydrogens is 242 g/mol. The van der Waals surface area contributed by atoms with E-state index in [1.54, 1.807) is 30.0 Å². The van der Waals surface area contributed by atoms with Crippen LogP contribution in [0.15, 0.2) is 18.2 Å². The van der Waals surface area contributed by atoms with Crippen molar-refractivity contribution >= 4 is 5.91 Å². The smallest absolute Gasteiger partial charge is 0.254 e. The van der Waals surface area contributed by atoms with Gasteiger partial charge in [-0.25, -0.2) is 0 Å². The SMILES string of the molecule is Cc1c(O)cccc1C(=O)N1CC(C)OC(C)(C)C1. The molecule has 1 unspecified atom stereocenters. The van der Waals surface area contributed by atoms with E-state index in [0.29, 0.717) is 24.2 Å². The third-order valence-electron chi connectivity index (χ3n) is 3.39. The summed E-state index contributed by atoms with van der Waals surface area (Å²) >= 11 is 0. The van der Waals surface area contributed by atoms with Crippen LogP contribution in [0.4, 0.5) is 0 Å². The van der Waals surface area contributed by atoms with Gasteiger partial charge in [-0.2, -0.15) is 0 Å². The highest BCUT2D eigenvalue weighted by atomic mass is 16.5. The van der Waals surface area contributed by atoms with Gasteiger partial charge < -0.3 is 14.7 Å². The van der Waals surface area contributed by atoms with Crippen molar-refractivity contribution in [3.63, 3.8) is 0 Å². The molecule has 0 aliphatic carbocycles. The normalized spacial score (nSPS) is 22.3. The number of hydrogen-bond acceptors (Lipinski definition) is 3. The molecule has 4 heteroatoms. The zero-order valence-corrected chi connectivity index (χ0v) is 11.9. The van der Waals surface area contributed by atoms with Gasteiger partial charge in [-0.1, -0.05) is 6.07 Å². The van der Waals surface area contributed by atoms with Crippen molar-refractivity contribution in [2.45, 2.75) is 39.4 Å². The number of benzene rings is 1. The summed E-state index contributed by atoms with van der Waals surface area (Å²) < 4.78 is 5.80. The van der Waals surface area contributed by atoms with E-state index in [4.69, 9.17) is 4.74 Å². The lowest BCUT2D eigenvalue weighted by molar-refractivity contribution is -0.118. The maximum Gasteiger partial charge on any atom is 0.254 e. The van der Waals surface area contributed by atoms with Crippen LogP contribution in [0, 0.1) is 6.92 Å². The zero-order valence-electron chi connectivity index (χ0n) is 11.9. The van der Waals surface area contributed by atoms with Gasteiger partial charge in [0.25, 0.3) is 5.91 Å². The number of morpholine rings is 1. The zero-order chi connectivity index (χ0) is 14.2. The summed E-state index contributed by atoms with van der Waals surface area (Å²) in [4.78, 5) is 14.4. The minimum Gasteiger partial charge on any atom is -0.508 e. The number of nitrogens with zero attached hydrogens (tertiary/aromatic N) is 1. The Morgan fingerprint density at radius 3 is 2.79 bits per heavy atom. The first-order valence-corrected chi connectivity index (χ1v) is 6.56. The summed E-state index contributed by atoms with van der Waals surface area (Å²) in [6, 6.07) is 5.05. The Morgan fingerprint density at radius 1 is 1.47 bits per heavy atom. The molecule has 1 heterocycles. The average molecular weight is 263 g/mol. The number of phenolic OH excluding ortho intramolecular Hbond substituents is 1. The molecule has 1 aliphatic heterocycles. The molecule has 0 saturated carbocycles. The first-order valence-electron chi connectivity index (χ1n) is 6.56. The van der Waals surface area contributed by atoms with E-state index >= 15 is 0 Å². The van der Waals surface area contributed by atoms with E-state index in [-0.39, 0.29) is 23.4 Å². The topological polar surface area (TPSA) is 49.8 Å². The number of carbonyl (C=O) groups excluding carboxylic acids is 1. The Labute approximate surface area is 114 Å². The maximum absolute atomic E-state index is 12.6. The molecule has 0 bridgehead atoms. The number of phenols is 1. The second-order valence-corrected chi connectivity index (χ2v) is 5.82. The van der Waals surface area contributed by atoms with Gasteiger partial charge in [0, 0.05) is 24.2 Å². The molecule has 4 nitrogen and oxygen atoms in total. The fraction of sp³-hybridized carbons (Fsp3) is 0.533. The first kappa shape index (κ1) is 13.9. The molecule has 1 aliphatic rings. The molecule has 2 rings (SSSR count). The number of ether oxygens (including phenoxy) is 1. The van der Waals surface area contributed by atoms with Crippen molar-refractivity contribution in [2.75, 3.05) is 13.1 Å². The Balaban J connectivity index is 2.26. The van der Waals surface area contributed by atoms with E-state index in [0.717, 1.165) is 0 Å². The van der Waals surface area contributed by atoms with Gasteiger partial charge in [0.1, 0.15) is 5.75 Å². The Morgan fingerprint density at radius 2 is 2.16 bits per heavy atom. The lowest BCUT2D eigenvalue weighted by atomic mass is 10.0. The van der Waals surface area contributed by atoms with Crippen LogP contribution in [0.25, 0.3) is 0 Å². The number of aromatic hydroxyl groups is 1. The van der Waals surface area contributed by atoms with E-state index in [1.165, 1.54) is 0 Å². The Bertz CT molecular complexity index is 496. The predicted molar refractivity (Wildman–Crippen MR) is 73.4 cm³/mol. The minimum absolute atomic E-state index is 0.0188. The van der Waals surface area contributed by atoms with Crippen LogP contribution in [0.5, 0.6) is 5.75 Å². The molecule has 0 radical (unpaired) electrons. The van der Waals surface area contributed by atoms with Gasteiger partial charge >= 0.3 is 0 Å². The van der Waals surface area contributed by atoms with E-state index in [1.807, 2.05) is 20.8 Å². The quantitative estimate of drug-likeness (QED) is 0.846. The molecule has 104 valence electrons. The van der Waals surface area contributed by atoms with Crippen molar-refractivity contribution in [2.24, 2.45) is 0 Å². The molecule has 1 saturated heterocycles. The fourth-order valence-corrected chi connectivity index (χ4v) is 2.63. The molecule has 19 heavy (non-hydrogen) atoms. The first-order chi connectivity index (χ1) is 8.80. The molecule has 1 fully saturated rings. The number of hydrogen-bond donors (Lipinski definition) is 1. The van der Waals surface area contributed by atoms with Crippen molar-refractivity contribution in [1.82, 2.24) is 4.90 Å². The average Bonchev–Trinajstić information content (AvgIpc) is 2.29. The maximum atomic E-state index is 12.6. The van der Waals surface area contributed by atoms with Gasteiger partial charge in [0.05, 0.1) is 11.7 Å². The van der Waals surface area contributed by atoms with Gasteiger partial charge in [0.15, 0.2) is 0 Å². The monoisotopic (exact) mass is 263 g/mol. The Kier molecular flexibility index (Phi) is 3.54. The largest absolute Gasteiger partial charge is 0.508 e. The third-order valence-corrected chi connectivity index (χ3v) is 3.39. The van der Waals surface area contributed by atoms with Crippen LogP contribution in [-0.2, 0) is 4.74 Å². The Hall–Kier alpha value is -1.55. The van der Waals surface area contributed by atoms with Crippen molar-refractivity contribution in [1.29, 1.82) is 0 Å². The van der Waals surface area contributed by atoms with E-state index in [2.05, 4.69) is 0 Å². The molecule has 1 aromatic rings. The van der Waals surface area contributed by atoms with Crippen LogP contribution in [0.3, 0.4) is 0 Å². The molecule has 1 atom stereocenters. The molecule has 1 N–H and O–H groups in total. The van der Waals surface area contributed by atoms with Crippen LogP contribution in [-0.4, -0.2) is 40.7 Å². The highest BCUT2D eigenvalue weighted by molar-refractivity contribution is 5.96.